The Morgan fingerprint density at radius 1 is 1.07 bits per heavy atom. The molecule has 0 radical (unpaired) electrons. The smallest absolute Gasteiger partial charge is 0.283 e. The predicted molar refractivity (Wildman–Crippen MR) is 114 cm³/mol. The minimum atomic E-state index is -0.214. The molecule has 0 spiro atoms. The van der Waals surface area contributed by atoms with E-state index in [1.54, 1.807) is 29.9 Å². The highest BCUT2D eigenvalue weighted by Gasteiger charge is 2.14. The molecular weight excluding hydrogens is 390 g/mol. The van der Waals surface area contributed by atoms with Crippen LogP contribution >= 0.6 is 22.7 Å². The molecule has 136 valence electrons. The molecule has 0 aliphatic heterocycles. The van der Waals surface area contributed by atoms with Crippen molar-refractivity contribution in [1.29, 1.82) is 0 Å². The van der Waals surface area contributed by atoms with Gasteiger partial charge in [0.25, 0.3) is 5.56 Å². The van der Waals surface area contributed by atoms with E-state index in [1.807, 2.05) is 35.7 Å². The van der Waals surface area contributed by atoms with Gasteiger partial charge in [-0.15, -0.1) is 22.7 Å². The van der Waals surface area contributed by atoms with Crippen molar-refractivity contribution in [2.45, 2.75) is 0 Å². The molecule has 0 atom stereocenters. The monoisotopic (exact) mass is 403 g/mol. The van der Waals surface area contributed by atoms with Crippen molar-refractivity contribution >= 4 is 39.1 Å². The highest BCUT2D eigenvalue weighted by atomic mass is 32.1. The second-order valence-corrected chi connectivity index (χ2v) is 7.99. The van der Waals surface area contributed by atoms with Crippen molar-refractivity contribution in [3.8, 4) is 21.8 Å². The third kappa shape index (κ3) is 3.00. The van der Waals surface area contributed by atoms with Gasteiger partial charge in [0.2, 0.25) is 0 Å². The first-order valence-electron chi connectivity index (χ1n) is 8.52. The van der Waals surface area contributed by atoms with Crippen molar-refractivity contribution in [3.05, 3.63) is 87.8 Å². The zero-order chi connectivity index (χ0) is 18.9. The third-order valence-corrected chi connectivity index (χ3v) is 6.21. The Morgan fingerprint density at radius 2 is 1.96 bits per heavy atom. The van der Waals surface area contributed by atoms with Gasteiger partial charge in [-0.2, -0.15) is 9.78 Å². The van der Waals surface area contributed by atoms with Crippen LogP contribution in [0.15, 0.2) is 86.9 Å². The SMILES string of the molecule is O=c1c2c(-c3ccco3)csc2ncn1/N=C\c1ccc(-c2ccccc2)s1. The Labute approximate surface area is 167 Å². The maximum absolute atomic E-state index is 12.9. The Kier molecular flexibility index (Phi) is 4.23. The van der Waals surface area contributed by atoms with Gasteiger partial charge < -0.3 is 4.42 Å². The summed E-state index contributed by atoms with van der Waals surface area (Å²) in [6.07, 6.45) is 4.73. The number of benzene rings is 1. The van der Waals surface area contributed by atoms with Crippen molar-refractivity contribution in [1.82, 2.24) is 9.66 Å². The van der Waals surface area contributed by atoms with E-state index in [-0.39, 0.29) is 5.56 Å². The number of furan rings is 1. The van der Waals surface area contributed by atoms with E-state index in [4.69, 9.17) is 4.42 Å². The van der Waals surface area contributed by atoms with Crippen molar-refractivity contribution in [3.63, 3.8) is 0 Å². The minimum absolute atomic E-state index is 0.214. The molecular formula is C21H13N3O2S2. The Hall–Kier alpha value is -3.29. The normalized spacial score (nSPS) is 11.6. The van der Waals surface area contributed by atoms with Crippen LogP contribution in [0, 0.1) is 0 Å². The molecule has 0 fully saturated rings. The van der Waals surface area contributed by atoms with Crippen molar-refractivity contribution in [2.75, 3.05) is 0 Å². The molecule has 0 amide bonds. The maximum Gasteiger partial charge on any atom is 0.283 e. The van der Waals surface area contributed by atoms with E-state index < -0.39 is 0 Å². The maximum atomic E-state index is 12.9. The first kappa shape index (κ1) is 16.9. The largest absolute Gasteiger partial charge is 0.464 e. The minimum Gasteiger partial charge on any atom is -0.464 e. The molecule has 0 unspecified atom stereocenters. The summed E-state index contributed by atoms with van der Waals surface area (Å²) in [5, 5.41) is 6.75. The molecule has 1 aromatic carbocycles. The lowest BCUT2D eigenvalue weighted by atomic mass is 10.2. The second kappa shape index (κ2) is 7.03. The Balaban J connectivity index is 1.50. The van der Waals surface area contributed by atoms with Crippen LogP contribution in [0.4, 0.5) is 0 Å². The van der Waals surface area contributed by atoms with E-state index in [0.29, 0.717) is 16.0 Å². The molecule has 28 heavy (non-hydrogen) atoms. The van der Waals surface area contributed by atoms with Gasteiger partial charge in [0.15, 0.2) is 0 Å². The zero-order valence-corrected chi connectivity index (χ0v) is 16.1. The van der Waals surface area contributed by atoms with Gasteiger partial charge in [0.1, 0.15) is 16.9 Å². The summed E-state index contributed by atoms with van der Waals surface area (Å²) < 4.78 is 6.72. The fraction of sp³-hybridized carbons (Fsp3) is 0. The van der Waals surface area contributed by atoms with Crippen LogP contribution in [0.3, 0.4) is 0 Å². The molecule has 0 bridgehead atoms. The van der Waals surface area contributed by atoms with Gasteiger partial charge >= 0.3 is 0 Å². The van der Waals surface area contributed by atoms with Gasteiger partial charge in [-0.05, 0) is 29.8 Å². The van der Waals surface area contributed by atoms with Crippen LogP contribution in [0.5, 0.6) is 0 Å². The average molecular weight is 403 g/mol. The summed E-state index contributed by atoms with van der Waals surface area (Å²) in [6.45, 7) is 0. The molecule has 5 rings (SSSR count). The molecule has 7 heteroatoms. The predicted octanol–water partition coefficient (Wildman–Crippen LogP) is 5.33. The van der Waals surface area contributed by atoms with Gasteiger partial charge in [0, 0.05) is 20.7 Å². The van der Waals surface area contributed by atoms with Crippen LogP contribution in [0.1, 0.15) is 4.88 Å². The van der Waals surface area contributed by atoms with Crippen LogP contribution in [-0.4, -0.2) is 15.9 Å². The summed E-state index contributed by atoms with van der Waals surface area (Å²) in [7, 11) is 0. The first-order chi connectivity index (χ1) is 13.8. The van der Waals surface area contributed by atoms with E-state index in [9.17, 15) is 4.79 Å². The van der Waals surface area contributed by atoms with Crippen LogP contribution in [-0.2, 0) is 0 Å². The molecule has 5 nitrogen and oxygen atoms in total. The van der Waals surface area contributed by atoms with Gasteiger partial charge in [0.05, 0.1) is 17.9 Å². The third-order valence-electron chi connectivity index (χ3n) is 4.26. The highest BCUT2D eigenvalue weighted by molar-refractivity contribution is 7.17. The molecule has 0 saturated carbocycles. The number of fused-ring (bicyclic) bond motifs is 1. The fourth-order valence-electron chi connectivity index (χ4n) is 2.92. The summed E-state index contributed by atoms with van der Waals surface area (Å²) in [4.78, 5) is 20.1. The number of hydrogen-bond acceptors (Lipinski definition) is 6. The van der Waals surface area contributed by atoms with Crippen LogP contribution in [0.2, 0.25) is 0 Å². The molecule has 0 N–H and O–H groups in total. The lowest BCUT2D eigenvalue weighted by Gasteiger charge is -1.99. The molecule has 5 aromatic rings. The number of nitrogens with zero attached hydrogens (tertiary/aromatic N) is 3. The summed E-state index contributed by atoms with van der Waals surface area (Å²) in [6, 6.07) is 17.8. The average Bonchev–Trinajstić information content (AvgIpc) is 3.48. The molecule has 4 heterocycles. The molecule has 0 aliphatic rings. The first-order valence-corrected chi connectivity index (χ1v) is 10.2. The summed E-state index contributed by atoms with van der Waals surface area (Å²) >= 11 is 3.04. The Bertz CT molecular complexity index is 1330. The van der Waals surface area contributed by atoms with Gasteiger partial charge in [-0.3, -0.25) is 4.79 Å². The van der Waals surface area contributed by atoms with Gasteiger partial charge in [-0.25, -0.2) is 4.98 Å². The molecule has 0 saturated heterocycles. The highest BCUT2D eigenvalue weighted by Crippen LogP contribution is 2.31. The number of aromatic nitrogens is 2. The quantitative estimate of drug-likeness (QED) is 0.381. The van der Waals surface area contributed by atoms with Gasteiger partial charge in [-0.1, -0.05) is 30.3 Å². The molecule has 0 aliphatic carbocycles. The van der Waals surface area contributed by atoms with E-state index >= 15 is 0 Å². The topological polar surface area (TPSA) is 60.4 Å². The lowest BCUT2D eigenvalue weighted by Crippen LogP contribution is -2.16. The zero-order valence-electron chi connectivity index (χ0n) is 14.5. The van der Waals surface area contributed by atoms with Crippen LogP contribution < -0.4 is 5.56 Å². The van der Waals surface area contributed by atoms with Crippen molar-refractivity contribution < 1.29 is 4.42 Å². The van der Waals surface area contributed by atoms with Crippen molar-refractivity contribution in [2.24, 2.45) is 5.10 Å². The van der Waals surface area contributed by atoms with E-state index in [2.05, 4.69) is 28.3 Å². The van der Waals surface area contributed by atoms with Crippen LogP contribution in [0.25, 0.3) is 32.0 Å². The molecule has 4 aromatic heterocycles. The fourth-order valence-corrected chi connectivity index (χ4v) is 4.68. The van der Waals surface area contributed by atoms with E-state index in [0.717, 1.165) is 20.9 Å². The van der Waals surface area contributed by atoms with E-state index in [1.165, 1.54) is 22.3 Å². The number of hydrogen-bond donors (Lipinski definition) is 0. The number of rotatable bonds is 4. The number of thiophene rings is 2. The Morgan fingerprint density at radius 3 is 2.79 bits per heavy atom. The summed E-state index contributed by atoms with van der Waals surface area (Å²) in [5.41, 5.74) is 1.69. The summed E-state index contributed by atoms with van der Waals surface area (Å²) in [5.74, 6) is 0.651. The standard InChI is InChI=1S/C21H13N3O2S2/c25-21-19-16(17-7-4-10-26-17)12-27-20(19)22-13-24(21)23-11-15-8-9-18(28-15)14-5-2-1-3-6-14/h1-13H/b23-11-. The lowest BCUT2D eigenvalue weighted by molar-refractivity contribution is 0.583. The second-order valence-electron chi connectivity index (χ2n) is 6.01.